The Labute approximate surface area is 133 Å². The highest BCUT2D eigenvalue weighted by atomic mass is 16.8. The Bertz CT molecular complexity index is 428. The third-order valence-electron chi connectivity index (χ3n) is 3.69. The molecule has 0 aliphatic carbocycles. The maximum Gasteiger partial charge on any atom is 0.189 e. The molecule has 2 heterocycles. The molecule has 2 rings (SSSR count). The van der Waals surface area contributed by atoms with Gasteiger partial charge in [0.1, 0.15) is 48.8 Å². The molecule has 0 aromatic heterocycles. The van der Waals surface area contributed by atoms with Crippen molar-refractivity contribution in [2.45, 2.75) is 61.4 Å². The lowest BCUT2D eigenvalue weighted by Crippen LogP contribution is -2.63. The first-order valence-corrected chi connectivity index (χ1v) is 6.86. The van der Waals surface area contributed by atoms with E-state index in [4.69, 9.17) is 27.2 Å². The van der Waals surface area contributed by atoms with Crippen LogP contribution in [-0.4, -0.2) is 115 Å². The predicted octanol–water partition coefficient (Wildman–Crippen LogP) is -5.40. The van der Waals surface area contributed by atoms with Gasteiger partial charge >= 0.3 is 0 Å². The minimum Gasteiger partial charge on any atom is -0.394 e. The number of rotatable bonds is 4. The van der Waals surface area contributed by atoms with E-state index in [-0.39, 0.29) is 0 Å². The van der Waals surface area contributed by atoms with E-state index in [0.717, 1.165) is 0 Å². The van der Waals surface area contributed by atoms with Gasteiger partial charge in [0.05, 0.1) is 16.0 Å². The van der Waals surface area contributed by atoms with Gasteiger partial charge in [0, 0.05) is 0 Å². The zero-order valence-corrected chi connectivity index (χ0v) is 11.8. The predicted molar refractivity (Wildman–Crippen MR) is 68.6 cm³/mol. The van der Waals surface area contributed by atoms with E-state index < -0.39 is 74.6 Å². The van der Waals surface area contributed by atoms with E-state index in [1.54, 1.807) is 0 Å². The summed E-state index contributed by atoms with van der Waals surface area (Å²) in [4.78, 5) is 0. The second kappa shape index (κ2) is 7.63. The van der Waals surface area contributed by atoms with Gasteiger partial charge in [-0.05, 0) is 0 Å². The molecule has 2 saturated heterocycles. The lowest BCUT2D eigenvalue weighted by atomic mass is 9.98. The molecule has 23 heavy (non-hydrogen) atoms. The molecule has 0 radical (unpaired) electrons. The monoisotopic (exact) mass is 344 g/mol. The van der Waals surface area contributed by atoms with Gasteiger partial charge in [-0.2, -0.15) is 0 Å². The van der Waals surface area contributed by atoms with Crippen LogP contribution in [0.4, 0.5) is 0 Å². The Kier molecular flexibility index (Phi) is 5.33. The van der Waals surface area contributed by atoms with Gasteiger partial charge in [-0.1, -0.05) is 0 Å². The van der Waals surface area contributed by atoms with Crippen LogP contribution in [0.3, 0.4) is 0 Å². The molecule has 11 nitrogen and oxygen atoms in total. The first-order chi connectivity index (χ1) is 11.5. The Morgan fingerprint density at radius 2 is 1.00 bits per heavy atom. The molecule has 0 aromatic rings. The number of aliphatic hydroxyl groups excluding tert-OH is 8. The fraction of sp³-hybridized carbons (Fsp3) is 1.00. The van der Waals surface area contributed by atoms with Crippen molar-refractivity contribution in [1.82, 2.24) is 0 Å². The second-order valence-corrected chi connectivity index (χ2v) is 5.27. The SMILES string of the molecule is [2H][C@]1(O[C@@]2([2H])OC(CO)[C@@H](O)[C@H](O)C2O)O[C@H](CO)[C@@H](O)C(O)C1O. The number of aliphatic hydroxyl groups is 8. The summed E-state index contributed by atoms with van der Waals surface area (Å²) in [6.07, 6.45) is -21.1. The van der Waals surface area contributed by atoms with Gasteiger partial charge < -0.3 is 55.1 Å². The summed E-state index contributed by atoms with van der Waals surface area (Å²) in [7, 11) is 0. The maximum atomic E-state index is 9.94. The van der Waals surface area contributed by atoms with Crippen molar-refractivity contribution < 1.29 is 57.8 Å². The van der Waals surface area contributed by atoms with E-state index in [0.29, 0.717) is 0 Å². The van der Waals surface area contributed by atoms with Crippen molar-refractivity contribution in [2.24, 2.45) is 0 Å². The van der Waals surface area contributed by atoms with Crippen molar-refractivity contribution >= 4 is 0 Å². The number of hydrogen-bond donors (Lipinski definition) is 8. The van der Waals surface area contributed by atoms with Crippen LogP contribution in [0.2, 0.25) is 0 Å². The van der Waals surface area contributed by atoms with Gasteiger partial charge in [-0.3, -0.25) is 0 Å². The number of ether oxygens (including phenoxy) is 3. The first-order valence-electron chi connectivity index (χ1n) is 7.86. The summed E-state index contributed by atoms with van der Waals surface area (Å²) in [5, 5.41) is 77.0. The van der Waals surface area contributed by atoms with Gasteiger partial charge in [-0.15, -0.1) is 0 Å². The summed E-state index contributed by atoms with van der Waals surface area (Å²) in [5.74, 6) is 0. The van der Waals surface area contributed by atoms with E-state index in [1.807, 2.05) is 0 Å². The van der Waals surface area contributed by atoms with Crippen LogP contribution in [0, 0.1) is 0 Å². The second-order valence-electron chi connectivity index (χ2n) is 5.27. The molecule has 11 heteroatoms. The third-order valence-corrected chi connectivity index (χ3v) is 3.69. The minimum atomic E-state index is -2.99. The van der Waals surface area contributed by atoms with Gasteiger partial charge in [0.2, 0.25) is 0 Å². The van der Waals surface area contributed by atoms with Crippen LogP contribution < -0.4 is 0 Å². The average molecular weight is 344 g/mol. The van der Waals surface area contributed by atoms with Crippen LogP contribution in [0.1, 0.15) is 2.74 Å². The molecule has 0 amide bonds. The molecule has 136 valence electrons. The van der Waals surface area contributed by atoms with E-state index >= 15 is 0 Å². The lowest BCUT2D eigenvalue weighted by molar-refractivity contribution is -0.376. The molecule has 0 bridgehead atoms. The fourth-order valence-electron chi connectivity index (χ4n) is 2.23. The van der Waals surface area contributed by atoms with E-state index in [2.05, 4.69) is 0 Å². The molecule has 2 aliphatic rings. The Morgan fingerprint density at radius 3 is 1.30 bits per heavy atom. The number of hydrogen-bond acceptors (Lipinski definition) is 11. The highest BCUT2D eigenvalue weighted by Gasteiger charge is 2.49. The Balaban J connectivity index is 2.28. The molecule has 0 saturated carbocycles. The average Bonchev–Trinajstić information content (AvgIpc) is 2.58. The standard InChI is InChI=1S/C12H22O11/c13-1-3-5(15)7(17)9(19)11(21-3)23-12-10(20)8(18)6(16)4(2-14)22-12/h3-20H,1-2H2/t3-,4?,5-,6-,7?,8+,9?,10?,11-,12-/m1/s1/i11D,12D. The van der Waals surface area contributed by atoms with Crippen LogP contribution in [0.15, 0.2) is 0 Å². The molecule has 2 aliphatic heterocycles. The van der Waals surface area contributed by atoms with Crippen molar-refractivity contribution in [3.05, 3.63) is 0 Å². The van der Waals surface area contributed by atoms with Gasteiger partial charge in [0.15, 0.2) is 12.5 Å². The summed E-state index contributed by atoms with van der Waals surface area (Å²) < 4.78 is 30.6. The highest BCUT2D eigenvalue weighted by molar-refractivity contribution is 4.92. The van der Waals surface area contributed by atoms with E-state index in [9.17, 15) is 30.6 Å². The molecule has 0 aromatic carbocycles. The van der Waals surface area contributed by atoms with Crippen molar-refractivity contribution in [3.8, 4) is 0 Å². The topological polar surface area (TPSA) is 190 Å². The zero-order chi connectivity index (χ0) is 19.2. The smallest absolute Gasteiger partial charge is 0.189 e. The van der Waals surface area contributed by atoms with Crippen LogP contribution in [0.25, 0.3) is 0 Å². The van der Waals surface area contributed by atoms with Crippen LogP contribution in [0.5, 0.6) is 0 Å². The molecular weight excluding hydrogens is 320 g/mol. The summed E-state index contributed by atoms with van der Waals surface area (Å²) >= 11 is 0. The molecular formula is C12H22O11. The van der Waals surface area contributed by atoms with Crippen molar-refractivity contribution in [3.63, 3.8) is 0 Å². The highest BCUT2D eigenvalue weighted by Crippen LogP contribution is 2.27. The molecule has 8 N–H and O–H groups in total. The molecule has 0 spiro atoms. The quantitative estimate of drug-likeness (QED) is 0.243. The molecule has 4 unspecified atom stereocenters. The molecule has 2 fully saturated rings. The lowest BCUT2D eigenvalue weighted by Gasteiger charge is -2.44. The van der Waals surface area contributed by atoms with Crippen molar-refractivity contribution in [1.29, 1.82) is 0 Å². The normalized spacial score (nSPS) is 59.3. The summed E-state index contributed by atoms with van der Waals surface area (Å²) in [6.45, 7) is -1.74. The zero-order valence-electron chi connectivity index (χ0n) is 13.8. The first kappa shape index (κ1) is 16.1. The Morgan fingerprint density at radius 1 is 0.652 bits per heavy atom. The largest absolute Gasteiger partial charge is 0.394 e. The van der Waals surface area contributed by atoms with Gasteiger partial charge in [0.25, 0.3) is 0 Å². The fourth-order valence-corrected chi connectivity index (χ4v) is 2.23. The third kappa shape index (κ3) is 3.65. The van der Waals surface area contributed by atoms with E-state index in [1.165, 1.54) is 0 Å². The van der Waals surface area contributed by atoms with Crippen LogP contribution >= 0.6 is 0 Å². The minimum absolute atomic E-state index is 0.871. The Hall–Kier alpha value is -0.440. The van der Waals surface area contributed by atoms with Crippen LogP contribution in [-0.2, 0) is 14.2 Å². The van der Waals surface area contributed by atoms with Crippen molar-refractivity contribution in [2.75, 3.05) is 13.2 Å². The summed E-state index contributed by atoms with van der Waals surface area (Å²) in [6, 6.07) is 0. The molecule has 10 atom stereocenters. The summed E-state index contributed by atoms with van der Waals surface area (Å²) in [5.41, 5.74) is 0. The maximum absolute atomic E-state index is 9.94. The van der Waals surface area contributed by atoms with Gasteiger partial charge in [-0.25, -0.2) is 0 Å².